The Labute approximate surface area is 113 Å². The van der Waals surface area contributed by atoms with Crippen molar-refractivity contribution in [2.24, 2.45) is 0 Å². The van der Waals surface area contributed by atoms with Crippen molar-refractivity contribution in [3.05, 3.63) is 54.0 Å². The normalized spacial score (nSPS) is 19.4. The van der Waals surface area contributed by atoms with Gasteiger partial charge in [-0.05, 0) is 12.5 Å². The Balaban J connectivity index is 1.93. The van der Waals surface area contributed by atoms with E-state index in [1.807, 2.05) is 6.92 Å². The van der Waals surface area contributed by atoms with Crippen LogP contribution in [0.1, 0.15) is 17.3 Å². The second kappa shape index (κ2) is 5.36. The van der Waals surface area contributed by atoms with Gasteiger partial charge in [0.15, 0.2) is 0 Å². The number of hydrogen-bond acceptors (Lipinski definition) is 4. The van der Waals surface area contributed by atoms with Crippen molar-refractivity contribution >= 4 is 5.82 Å². The first-order valence-electron chi connectivity index (χ1n) is 6.65. The van der Waals surface area contributed by atoms with Gasteiger partial charge in [-0.2, -0.15) is 0 Å². The number of hydrogen-bond donors (Lipinski definition) is 1. The van der Waals surface area contributed by atoms with Crippen molar-refractivity contribution in [2.45, 2.75) is 13.0 Å². The first-order valence-corrected chi connectivity index (χ1v) is 6.65. The van der Waals surface area contributed by atoms with Gasteiger partial charge in [0, 0.05) is 31.4 Å². The van der Waals surface area contributed by atoms with E-state index < -0.39 is 0 Å². The van der Waals surface area contributed by atoms with E-state index in [0.717, 1.165) is 31.1 Å². The van der Waals surface area contributed by atoms with Crippen LogP contribution in [0.4, 0.5) is 5.82 Å². The molecule has 0 aliphatic carbocycles. The van der Waals surface area contributed by atoms with E-state index in [1.54, 1.807) is 6.33 Å². The van der Waals surface area contributed by atoms with Crippen LogP contribution in [0, 0.1) is 6.92 Å². The highest BCUT2D eigenvalue weighted by Crippen LogP contribution is 2.26. The molecule has 0 bridgehead atoms. The second-order valence-electron chi connectivity index (χ2n) is 4.84. The summed E-state index contributed by atoms with van der Waals surface area (Å²) in [7, 11) is 0. The maximum atomic E-state index is 4.43. The zero-order valence-corrected chi connectivity index (χ0v) is 11.1. The summed E-state index contributed by atoms with van der Waals surface area (Å²) in [6, 6.07) is 13.0. The molecule has 1 atom stereocenters. The monoisotopic (exact) mass is 254 g/mol. The molecule has 1 N–H and O–H groups in total. The minimum Gasteiger partial charge on any atom is -0.347 e. The molecule has 1 aromatic carbocycles. The summed E-state index contributed by atoms with van der Waals surface area (Å²) < 4.78 is 0. The maximum absolute atomic E-state index is 4.43. The molecular formula is C15H18N4. The standard InChI is InChI=1S/C15H18N4/c1-12-9-15(18-11-17-12)19-8-7-16-10-14(19)13-5-3-2-4-6-13/h2-6,9,11,14,16H,7-8,10H2,1H3/t14-/m1/s1. The van der Waals surface area contributed by atoms with E-state index >= 15 is 0 Å². The fourth-order valence-corrected chi connectivity index (χ4v) is 2.55. The molecule has 1 aliphatic rings. The number of nitrogens with zero attached hydrogens (tertiary/aromatic N) is 3. The highest BCUT2D eigenvalue weighted by Gasteiger charge is 2.24. The number of piperazine rings is 1. The lowest BCUT2D eigenvalue weighted by Crippen LogP contribution is -2.46. The molecule has 1 fully saturated rings. The fraction of sp³-hybridized carbons (Fsp3) is 0.333. The fourth-order valence-electron chi connectivity index (χ4n) is 2.55. The maximum Gasteiger partial charge on any atom is 0.132 e. The van der Waals surface area contributed by atoms with Crippen LogP contribution in [0.2, 0.25) is 0 Å². The van der Waals surface area contributed by atoms with E-state index in [4.69, 9.17) is 0 Å². The average Bonchev–Trinajstić information content (AvgIpc) is 2.48. The van der Waals surface area contributed by atoms with Crippen LogP contribution in [-0.2, 0) is 0 Å². The molecule has 1 aromatic heterocycles. The van der Waals surface area contributed by atoms with E-state index in [-0.39, 0.29) is 0 Å². The first-order chi connectivity index (χ1) is 9.34. The number of benzene rings is 1. The molecule has 0 spiro atoms. The minimum atomic E-state index is 0.337. The Kier molecular flexibility index (Phi) is 3.42. The number of nitrogens with one attached hydrogen (secondary N) is 1. The lowest BCUT2D eigenvalue weighted by atomic mass is 10.0. The molecule has 1 saturated heterocycles. The van der Waals surface area contributed by atoms with Gasteiger partial charge < -0.3 is 10.2 Å². The van der Waals surface area contributed by atoms with Crippen LogP contribution in [0.25, 0.3) is 0 Å². The molecule has 98 valence electrons. The molecule has 2 aromatic rings. The lowest BCUT2D eigenvalue weighted by Gasteiger charge is -2.37. The molecule has 0 saturated carbocycles. The van der Waals surface area contributed by atoms with Crippen LogP contribution in [-0.4, -0.2) is 29.6 Å². The first kappa shape index (κ1) is 12.1. The van der Waals surface area contributed by atoms with Crippen molar-refractivity contribution in [2.75, 3.05) is 24.5 Å². The van der Waals surface area contributed by atoms with Crippen LogP contribution in [0.3, 0.4) is 0 Å². The molecule has 0 amide bonds. The zero-order valence-electron chi connectivity index (χ0n) is 11.1. The van der Waals surface area contributed by atoms with Crippen molar-refractivity contribution < 1.29 is 0 Å². The van der Waals surface area contributed by atoms with E-state index in [2.05, 4.69) is 56.6 Å². The summed E-state index contributed by atoms with van der Waals surface area (Å²) in [5.74, 6) is 1.02. The van der Waals surface area contributed by atoms with Gasteiger partial charge in [0.2, 0.25) is 0 Å². The van der Waals surface area contributed by atoms with Crippen LogP contribution in [0.5, 0.6) is 0 Å². The topological polar surface area (TPSA) is 41.0 Å². The molecule has 2 heterocycles. The Hall–Kier alpha value is -1.94. The summed E-state index contributed by atoms with van der Waals surface area (Å²) in [6.45, 7) is 4.92. The Morgan fingerprint density at radius 2 is 2.05 bits per heavy atom. The molecule has 3 rings (SSSR count). The second-order valence-corrected chi connectivity index (χ2v) is 4.84. The summed E-state index contributed by atoms with van der Waals surface area (Å²) >= 11 is 0. The molecule has 19 heavy (non-hydrogen) atoms. The van der Waals surface area contributed by atoms with Crippen molar-refractivity contribution in [3.8, 4) is 0 Å². The largest absolute Gasteiger partial charge is 0.347 e. The highest BCUT2D eigenvalue weighted by atomic mass is 15.3. The summed E-state index contributed by atoms with van der Waals surface area (Å²) in [5, 5.41) is 3.46. The highest BCUT2D eigenvalue weighted by molar-refractivity contribution is 5.43. The molecule has 0 unspecified atom stereocenters. The smallest absolute Gasteiger partial charge is 0.132 e. The Morgan fingerprint density at radius 1 is 1.21 bits per heavy atom. The summed E-state index contributed by atoms with van der Waals surface area (Å²) in [4.78, 5) is 11.0. The van der Waals surface area contributed by atoms with Crippen molar-refractivity contribution in [1.29, 1.82) is 0 Å². The van der Waals surface area contributed by atoms with Gasteiger partial charge >= 0.3 is 0 Å². The van der Waals surface area contributed by atoms with Gasteiger partial charge in [-0.3, -0.25) is 0 Å². The Morgan fingerprint density at radius 3 is 2.84 bits per heavy atom. The summed E-state index contributed by atoms with van der Waals surface area (Å²) in [5.41, 5.74) is 2.33. The van der Waals surface area contributed by atoms with E-state index in [0.29, 0.717) is 6.04 Å². The average molecular weight is 254 g/mol. The lowest BCUT2D eigenvalue weighted by molar-refractivity contribution is 0.486. The third-order valence-electron chi connectivity index (χ3n) is 3.51. The number of anilines is 1. The number of aryl methyl sites for hydroxylation is 1. The SMILES string of the molecule is Cc1cc(N2CCNC[C@@H]2c2ccccc2)ncn1. The summed E-state index contributed by atoms with van der Waals surface area (Å²) in [6.07, 6.45) is 1.65. The minimum absolute atomic E-state index is 0.337. The van der Waals surface area contributed by atoms with Gasteiger partial charge in [-0.25, -0.2) is 9.97 Å². The van der Waals surface area contributed by atoms with Gasteiger partial charge in [0.1, 0.15) is 12.1 Å². The third kappa shape index (κ3) is 2.58. The third-order valence-corrected chi connectivity index (χ3v) is 3.51. The zero-order chi connectivity index (χ0) is 13.1. The van der Waals surface area contributed by atoms with Crippen molar-refractivity contribution in [1.82, 2.24) is 15.3 Å². The molecule has 4 nitrogen and oxygen atoms in total. The van der Waals surface area contributed by atoms with E-state index in [9.17, 15) is 0 Å². The predicted molar refractivity (Wildman–Crippen MR) is 76.2 cm³/mol. The molecule has 0 radical (unpaired) electrons. The van der Waals surface area contributed by atoms with Crippen LogP contribution < -0.4 is 10.2 Å². The van der Waals surface area contributed by atoms with Crippen molar-refractivity contribution in [3.63, 3.8) is 0 Å². The Bertz CT molecular complexity index is 541. The predicted octanol–water partition coefficient (Wildman–Crippen LogP) is 1.94. The number of aromatic nitrogens is 2. The van der Waals surface area contributed by atoms with Crippen LogP contribution in [0.15, 0.2) is 42.7 Å². The molecular weight excluding hydrogens is 236 g/mol. The van der Waals surface area contributed by atoms with Gasteiger partial charge in [0.25, 0.3) is 0 Å². The van der Waals surface area contributed by atoms with Gasteiger partial charge in [-0.15, -0.1) is 0 Å². The van der Waals surface area contributed by atoms with E-state index in [1.165, 1.54) is 5.56 Å². The number of rotatable bonds is 2. The van der Waals surface area contributed by atoms with Crippen LogP contribution >= 0.6 is 0 Å². The van der Waals surface area contributed by atoms with Gasteiger partial charge in [0.05, 0.1) is 6.04 Å². The molecule has 4 heteroatoms. The van der Waals surface area contributed by atoms with Gasteiger partial charge in [-0.1, -0.05) is 30.3 Å². The quantitative estimate of drug-likeness (QED) is 0.889. The molecule has 1 aliphatic heterocycles.